The van der Waals surface area contributed by atoms with Gasteiger partial charge in [0.25, 0.3) is 5.91 Å². The predicted octanol–water partition coefficient (Wildman–Crippen LogP) is 4.12. The zero-order chi connectivity index (χ0) is 21.2. The molecule has 6 heteroatoms. The number of pyridine rings is 2. The van der Waals surface area contributed by atoms with Gasteiger partial charge in [-0.1, -0.05) is 36.4 Å². The predicted molar refractivity (Wildman–Crippen MR) is 123 cm³/mol. The van der Waals surface area contributed by atoms with Crippen LogP contribution in [0.4, 0.5) is 0 Å². The third-order valence-corrected chi connectivity index (χ3v) is 6.01. The lowest BCUT2D eigenvalue weighted by molar-refractivity contribution is 0.0701. The van der Waals surface area contributed by atoms with Crippen LogP contribution in [0.5, 0.6) is 0 Å². The number of carbonyl (C=O) groups excluding carboxylic acids is 1. The number of nitrogens with one attached hydrogen (secondary N) is 2. The molecular formula is C25H25N5O. The summed E-state index contributed by atoms with van der Waals surface area (Å²) < 4.78 is 0. The molecule has 156 valence electrons. The highest BCUT2D eigenvalue weighted by molar-refractivity contribution is 5.93. The Hall–Kier alpha value is -3.51. The molecule has 5 rings (SSSR count). The van der Waals surface area contributed by atoms with Crippen molar-refractivity contribution in [3.63, 3.8) is 0 Å². The lowest BCUT2D eigenvalue weighted by Gasteiger charge is -2.31. The van der Waals surface area contributed by atoms with Gasteiger partial charge in [-0.05, 0) is 49.7 Å². The summed E-state index contributed by atoms with van der Waals surface area (Å²) in [5, 5.41) is 4.31. The molecule has 0 bridgehead atoms. The number of carbonyl (C=O) groups is 1. The summed E-state index contributed by atoms with van der Waals surface area (Å²) in [6.07, 6.45) is 3.75. The van der Waals surface area contributed by atoms with Crippen LogP contribution in [0.15, 0.2) is 66.9 Å². The Morgan fingerprint density at radius 1 is 1.03 bits per heavy atom. The second-order valence-corrected chi connectivity index (χ2v) is 7.97. The van der Waals surface area contributed by atoms with E-state index in [9.17, 15) is 4.79 Å². The molecule has 0 aliphatic carbocycles. The summed E-state index contributed by atoms with van der Waals surface area (Å²) in [5.41, 5.74) is 5.13. The number of nitrogens with zero attached hydrogens (tertiary/aromatic N) is 3. The Balaban J connectivity index is 1.41. The minimum absolute atomic E-state index is 0.00144. The van der Waals surface area contributed by atoms with E-state index in [0.717, 1.165) is 59.5 Å². The quantitative estimate of drug-likeness (QED) is 0.530. The number of aromatic nitrogens is 3. The molecule has 0 spiro atoms. The maximum absolute atomic E-state index is 13.0. The lowest BCUT2D eigenvalue weighted by Crippen LogP contribution is -2.44. The Labute approximate surface area is 181 Å². The van der Waals surface area contributed by atoms with Crippen LogP contribution in [0.25, 0.3) is 33.5 Å². The molecule has 0 atom stereocenters. The van der Waals surface area contributed by atoms with E-state index in [1.807, 2.05) is 48.5 Å². The second-order valence-electron chi connectivity index (χ2n) is 7.97. The first kappa shape index (κ1) is 19.5. The van der Waals surface area contributed by atoms with E-state index in [1.54, 1.807) is 6.07 Å². The molecule has 1 saturated heterocycles. The SMILES string of the molecule is CNC1CCN(C(=O)c2cccc(-c3cnc4[nH]c(-c5ccccc5)cc4c3)n2)CC1. The van der Waals surface area contributed by atoms with Crippen LogP contribution in [0.1, 0.15) is 23.3 Å². The molecule has 4 heterocycles. The van der Waals surface area contributed by atoms with E-state index >= 15 is 0 Å². The molecule has 1 fully saturated rings. The van der Waals surface area contributed by atoms with Crippen LogP contribution in [-0.2, 0) is 0 Å². The van der Waals surface area contributed by atoms with Crippen molar-refractivity contribution in [1.29, 1.82) is 0 Å². The highest BCUT2D eigenvalue weighted by Crippen LogP contribution is 2.26. The number of piperidine rings is 1. The molecule has 0 radical (unpaired) electrons. The third-order valence-electron chi connectivity index (χ3n) is 6.01. The third kappa shape index (κ3) is 3.94. The monoisotopic (exact) mass is 411 g/mol. The molecule has 3 aromatic heterocycles. The summed E-state index contributed by atoms with van der Waals surface area (Å²) >= 11 is 0. The van der Waals surface area contributed by atoms with Gasteiger partial charge in [0, 0.05) is 42.0 Å². The number of rotatable bonds is 4. The minimum Gasteiger partial charge on any atom is -0.339 e. The van der Waals surface area contributed by atoms with Crippen LogP contribution < -0.4 is 5.32 Å². The van der Waals surface area contributed by atoms with Crippen LogP contribution >= 0.6 is 0 Å². The van der Waals surface area contributed by atoms with E-state index in [-0.39, 0.29) is 5.91 Å². The Morgan fingerprint density at radius 3 is 2.61 bits per heavy atom. The Morgan fingerprint density at radius 2 is 1.84 bits per heavy atom. The number of hydrogen-bond acceptors (Lipinski definition) is 4. The van der Waals surface area contributed by atoms with Crippen molar-refractivity contribution in [3.05, 3.63) is 72.6 Å². The maximum Gasteiger partial charge on any atom is 0.272 e. The van der Waals surface area contributed by atoms with Crippen molar-refractivity contribution in [2.45, 2.75) is 18.9 Å². The van der Waals surface area contributed by atoms with Crippen molar-refractivity contribution in [2.24, 2.45) is 0 Å². The summed E-state index contributed by atoms with van der Waals surface area (Å²) in [7, 11) is 1.98. The standard InChI is InChI=1S/C25H25N5O/c1-26-20-10-12-30(13-11-20)25(31)22-9-5-8-21(28-22)19-14-18-15-23(29-24(18)27-16-19)17-6-3-2-4-7-17/h2-9,14-16,20,26H,10-13H2,1H3,(H,27,29). The lowest BCUT2D eigenvalue weighted by atomic mass is 10.0. The summed E-state index contributed by atoms with van der Waals surface area (Å²) in [6.45, 7) is 1.52. The van der Waals surface area contributed by atoms with Gasteiger partial charge >= 0.3 is 0 Å². The zero-order valence-corrected chi connectivity index (χ0v) is 17.5. The van der Waals surface area contributed by atoms with E-state index in [0.29, 0.717) is 11.7 Å². The number of fused-ring (bicyclic) bond motifs is 1. The summed E-state index contributed by atoms with van der Waals surface area (Å²) in [5.74, 6) is -0.00144. The van der Waals surface area contributed by atoms with Crippen molar-refractivity contribution in [3.8, 4) is 22.5 Å². The number of benzene rings is 1. The molecule has 31 heavy (non-hydrogen) atoms. The van der Waals surface area contributed by atoms with Gasteiger partial charge in [0.2, 0.25) is 0 Å². The van der Waals surface area contributed by atoms with Gasteiger partial charge in [-0.25, -0.2) is 9.97 Å². The molecule has 0 unspecified atom stereocenters. The highest BCUT2D eigenvalue weighted by Gasteiger charge is 2.23. The number of H-pyrrole nitrogens is 1. The first-order valence-electron chi connectivity index (χ1n) is 10.7. The fourth-order valence-corrected chi connectivity index (χ4v) is 4.18. The van der Waals surface area contributed by atoms with Crippen LogP contribution in [0, 0.1) is 0 Å². The van der Waals surface area contributed by atoms with Gasteiger partial charge in [-0.3, -0.25) is 4.79 Å². The molecule has 1 amide bonds. The maximum atomic E-state index is 13.0. The Kier molecular flexibility index (Phi) is 5.22. The highest BCUT2D eigenvalue weighted by atomic mass is 16.2. The van der Waals surface area contributed by atoms with E-state index in [4.69, 9.17) is 0 Å². The van der Waals surface area contributed by atoms with Crippen LogP contribution in [-0.4, -0.2) is 51.9 Å². The fraction of sp³-hybridized carbons (Fsp3) is 0.240. The minimum atomic E-state index is -0.00144. The topological polar surface area (TPSA) is 73.9 Å². The molecule has 1 aromatic carbocycles. The van der Waals surface area contributed by atoms with Gasteiger partial charge in [0.1, 0.15) is 11.3 Å². The van der Waals surface area contributed by atoms with E-state index in [2.05, 4.69) is 44.5 Å². The van der Waals surface area contributed by atoms with Gasteiger partial charge in [0.05, 0.1) is 5.69 Å². The molecule has 4 aromatic rings. The first-order chi connectivity index (χ1) is 15.2. The van der Waals surface area contributed by atoms with Gasteiger partial charge in [0.15, 0.2) is 0 Å². The normalized spacial score (nSPS) is 14.8. The summed E-state index contributed by atoms with van der Waals surface area (Å²) in [4.78, 5) is 27.5. The van der Waals surface area contributed by atoms with Crippen molar-refractivity contribution < 1.29 is 4.79 Å². The molecule has 1 aliphatic rings. The van der Waals surface area contributed by atoms with Crippen LogP contribution in [0.2, 0.25) is 0 Å². The molecule has 2 N–H and O–H groups in total. The number of aromatic amines is 1. The van der Waals surface area contributed by atoms with Gasteiger partial charge in [-0.2, -0.15) is 0 Å². The van der Waals surface area contributed by atoms with E-state index in [1.165, 1.54) is 0 Å². The number of amides is 1. The molecule has 6 nitrogen and oxygen atoms in total. The smallest absolute Gasteiger partial charge is 0.272 e. The van der Waals surface area contributed by atoms with Crippen molar-refractivity contribution in [2.75, 3.05) is 20.1 Å². The van der Waals surface area contributed by atoms with Gasteiger partial charge in [-0.15, -0.1) is 0 Å². The van der Waals surface area contributed by atoms with Crippen LogP contribution in [0.3, 0.4) is 0 Å². The summed E-state index contributed by atoms with van der Waals surface area (Å²) in [6, 6.07) is 20.5. The fourth-order valence-electron chi connectivity index (χ4n) is 4.18. The second kappa shape index (κ2) is 8.32. The van der Waals surface area contributed by atoms with Crippen molar-refractivity contribution in [1.82, 2.24) is 25.2 Å². The number of likely N-dealkylation sites (tertiary alicyclic amines) is 1. The molecule has 1 aliphatic heterocycles. The largest absolute Gasteiger partial charge is 0.339 e. The first-order valence-corrected chi connectivity index (χ1v) is 10.7. The van der Waals surface area contributed by atoms with Gasteiger partial charge < -0.3 is 15.2 Å². The zero-order valence-electron chi connectivity index (χ0n) is 17.5. The van der Waals surface area contributed by atoms with Crippen molar-refractivity contribution >= 4 is 16.9 Å². The number of hydrogen-bond donors (Lipinski definition) is 2. The Bertz CT molecular complexity index is 1210. The molecule has 0 saturated carbocycles. The average molecular weight is 412 g/mol. The molecular weight excluding hydrogens is 386 g/mol. The van der Waals surface area contributed by atoms with E-state index < -0.39 is 0 Å². The average Bonchev–Trinajstić information content (AvgIpc) is 3.28.